The number of carbonyl (C=O) groups is 3. The first-order valence-electron chi connectivity index (χ1n) is 8.06. The summed E-state index contributed by atoms with van der Waals surface area (Å²) in [7, 11) is 1.41. The van der Waals surface area contributed by atoms with Crippen LogP contribution in [-0.2, 0) is 9.59 Å². The number of carboxylic acids is 1. The number of rotatable bonds is 6. The Balaban J connectivity index is 1.87. The lowest BCUT2D eigenvalue weighted by Crippen LogP contribution is -2.27. The predicted octanol–water partition coefficient (Wildman–Crippen LogP) is 4.71. The van der Waals surface area contributed by atoms with Gasteiger partial charge in [-0.2, -0.15) is 0 Å². The van der Waals surface area contributed by atoms with Crippen LogP contribution in [-0.4, -0.2) is 35.9 Å². The summed E-state index contributed by atoms with van der Waals surface area (Å²) in [6.45, 7) is -0.516. The van der Waals surface area contributed by atoms with Gasteiger partial charge in [-0.3, -0.25) is 9.59 Å². The van der Waals surface area contributed by atoms with E-state index >= 15 is 0 Å². The van der Waals surface area contributed by atoms with Gasteiger partial charge >= 0.3 is 5.97 Å². The van der Waals surface area contributed by atoms with Crippen molar-refractivity contribution in [3.8, 4) is 11.5 Å². The predicted molar refractivity (Wildman–Crippen MR) is 111 cm³/mol. The van der Waals surface area contributed by atoms with E-state index in [1.807, 2.05) is 0 Å². The van der Waals surface area contributed by atoms with Crippen molar-refractivity contribution in [1.29, 1.82) is 0 Å². The molecule has 10 heteroatoms. The van der Waals surface area contributed by atoms with Gasteiger partial charge in [0.1, 0.15) is 0 Å². The van der Waals surface area contributed by atoms with Gasteiger partial charge in [0.2, 0.25) is 0 Å². The number of methoxy groups -OCH3 is 1. The van der Waals surface area contributed by atoms with Crippen molar-refractivity contribution in [3.63, 3.8) is 0 Å². The number of benzene rings is 2. The van der Waals surface area contributed by atoms with Crippen LogP contribution in [0.3, 0.4) is 0 Å². The molecule has 2 aromatic carbocycles. The summed E-state index contributed by atoms with van der Waals surface area (Å²) in [4.78, 5) is 37.0. The Morgan fingerprint density at radius 3 is 2.55 bits per heavy atom. The summed E-state index contributed by atoms with van der Waals surface area (Å²) >= 11 is 12.7. The molecule has 0 radical (unpaired) electrons. The summed E-state index contributed by atoms with van der Waals surface area (Å²) in [5.74, 6) is -1.07. The van der Waals surface area contributed by atoms with Crippen molar-refractivity contribution in [2.45, 2.75) is 0 Å². The summed E-state index contributed by atoms with van der Waals surface area (Å²) < 4.78 is 10.3. The molecule has 3 rings (SSSR count). The van der Waals surface area contributed by atoms with Crippen LogP contribution in [0.5, 0.6) is 11.5 Å². The number of amides is 2. The zero-order valence-corrected chi connectivity index (χ0v) is 17.2. The molecule has 1 aliphatic heterocycles. The average Bonchev–Trinajstić information content (AvgIpc) is 2.96. The van der Waals surface area contributed by atoms with Gasteiger partial charge < -0.3 is 14.6 Å². The Morgan fingerprint density at radius 1 is 1.14 bits per heavy atom. The number of thioether (sulfide) groups is 1. The van der Waals surface area contributed by atoms with E-state index in [0.29, 0.717) is 22.0 Å². The summed E-state index contributed by atoms with van der Waals surface area (Å²) in [6.07, 6.45) is 1.53. The van der Waals surface area contributed by atoms with Gasteiger partial charge in [0, 0.05) is 0 Å². The number of anilines is 1. The molecule has 0 bridgehead atoms. The Kier molecular flexibility index (Phi) is 6.36. The molecule has 2 amide bonds. The fraction of sp³-hybridized carbons (Fsp3) is 0.105. The number of ether oxygens (including phenoxy) is 2. The van der Waals surface area contributed by atoms with E-state index in [4.69, 9.17) is 37.8 Å². The van der Waals surface area contributed by atoms with Crippen LogP contribution < -0.4 is 14.4 Å². The molecular weight excluding hydrogens is 441 g/mol. The topological polar surface area (TPSA) is 93.1 Å². The van der Waals surface area contributed by atoms with Crippen molar-refractivity contribution >= 4 is 63.8 Å². The lowest BCUT2D eigenvalue weighted by atomic mass is 10.2. The second-order valence-electron chi connectivity index (χ2n) is 5.71. The number of nitrogens with zero attached hydrogens (tertiary/aromatic N) is 1. The van der Waals surface area contributed by atoms with E-state index in [1.54, 1.807) is 12.1 Å². The van der Waals surface area contributed by atoms with Gasteiger partial charge in [-0.1, -0.05) is 29.3 Å². The molecule has 7 nitrogen and oxygen atoms in total. The molecule has 0 atom stereocenters. The Bertz CT molecular complexity index is 1040. The van der Waals surface area contributed by atoms with Crippen LogP contribution in [0, 0.1) is 0 Å². The van der Waals surface area contributed by atoms with E-state index in [0.717, 1.165) is 16.7 Å². The molecule has 1 heterocycles. The van der Waals surface area contributed by atoms with E-state index in [2.05, 4.69) is 0 Å². The summed E-state index contributed by atoms with van der Waals surface area (Å²) in [5.41, 5.74) is 0.893. The molecule has 0 aromatic heterocycles. The number of hydrogen-bond acceptors (Lipinski definition) is 6. The Labute approximate surface area is 179 Å². The molecule has 0 saturated carbocycles. The maximum atomic E-state index is 12.7. The number of carbonyl (C=O) groups excluding carboxylic acids is 2. The number of carboxylic acid groups (broad SMARTS) is 1. The first-order chi connectivity index (χ1) is 13.8. The number of halogens is 2. The fourth-order valence-corrected chi connectivity index (χ4v) is 3.63. The van der Waals surface area contributed by atoms with E-state index in [9.17, 15) is 14.4 Å². The standard InChI is InChI=1S/C19H13Cl2NO6S/c1-27-15-6-10(2-5-14(15)28-9-17(23)24)7-16-18(25)22(19(26)29-16)11-3-4-12(20)13(21)8-11/h2-8H,9H2,1H3,(H,23,24). The highest BCUT2D eigenvalue weighted by molar-refractivity contribution is 8.19. The summed E-state index contributed by atoms with van der Waals surface area (Å²) in [5, 5.41) is 8.80. The lowest BCUT2D eigenvalue weighted by Gasteiger charge is -2.13. The number of hydrogen-bond donors (Lipinski definition) is 1. The quantitative estimate of drug-likeness (QED) is 0.632. The second-order valence-corrected chi connectivity index (χ2v) is 7.52. The maximum Gasteiger partial charge on any atom is 0.341 e. The average molecular weight is 454 g/mol. The minimum Gasteiger partial charge on any atom is -0.493 e. The zero-order chi connectivity index (χ0) is 21.1. The van der Waals surface area contributed by atoms with Crippen molar-refractivity contribution in [2.24, 2.45) is 0 Å². The minimum absolute atomic E-state index is 0.210. The lowest BCUT2D eigenvalue weighted by molar-refractivity contribution is -0.139. The molecule has 1 N–H and O–H groups in total. The minimum atomic E-state index is -1.12. The molecule has 1 aliphatic rings. The molecule has 29 heavy (non-hydrogen) atoms. The van der Waals surface area contributed by atoms with Crippen LogP contribution in [0.1, 0.15) is 5.56 Å². The van der Waals surface area contributed by atoms with Crippen LogP contribution >= 0.6 is 35.0 Å². The largest absolute Gasteiger partial charge is 0.493 e. The molecular formula is C19H13Cl2NO6S. The van der Waals surface area contributed by atoms with Crippen molar-refractivity contribution < 1.29 is 29.0 Å². The normalized spacial score (nSPS) is 15.1. The van der Waals surface area contributed by atoms with Gasteiger partial charge in [0.15, 0.2) is 18.1 Å². The highest BCUT2D eigenvalue weighted by atomic mass is 35.5. The van der Waals surface area contributed by atoms with Crippen LogP contribution in [0.15, 0.2) is 41.3 Å². The third-order valence-corrected chi connectivity index (χ3v) is 5.40. The van der Waals surface area contributed by atoms with Gasteiger partial charge in [-0.05, 0) is 53.7 Å². The van der Waals surface area contributed by atoms with E-state index < -0.39 is 23.7 Å². The van der Waals surface area contributed by atoms with Crippen molar-refractivity contribution in [1.82, 2.24) is 0 Å². The number of aliphatic carboxylic acids is 1. The first kappa shape index (κ1) is 21.0. The second kappa shape index (κ2) is 8.77. The van der Waals surface area contributed by atoms with Gasteiger partial charge in [0.05, 0.1) is 27.7 Å². The van der Waals surface area contributed by atoms with Crippen LogP contribution in [0.4, 0.5) is 10.5 Å². The monoisotopic (exact) mass is 453 g/mol. The molecule has 1 saturated heterocycles. The zero-order valence-electron chi connectivity index (χ0n) is 14.8. The summed E-state index contributed by atoms with van der Waals surface area (Å²) in [6, 6.07) is 9.20. The highest BCUT2D eigenvalue weighted by Crippen LogP contribution is 2.38. The van der Waals surface area contributed by atoms with Crippen molar-refractivity contribution in [2.75, 3.05) is 18.6 Å². The maximum absolute atomic E-state index is 12.7. The van der Waals surface area contributed by atoms with E-state index in [1.165, 1.54) is 37.5 Å². The SMILES string of the molecule is COc1cc(C=C2SC(=O)N(c3ccc(Cl)c(Cl)c3)C2=O)ccc1OCC(=O)O. The molecule has 0 aliphatic carbocycles. The van der Waals surface area contributed by atoms with Gasteiger partial charge in [0.25, 0.3) is 11.1 Å². The van der Waals surface area contributed by atoms with Crippen molar-refractivity contribution in [3.05, 3.63) is 56.9 Å². The smallest absolute Gasteiger partial charge is 0.341 e. The fourth-order valence-electron chi connectivity index (χ4n) is 2.50. The Hall–Kier alpha value is -2.68. The first-order valence-corrected chi connectivity index (χ1v) is 9.63. The molecule has 0 unspecified atom stereocenters. The molecule has 0 spiro atoms. The molecule has 150 valence electrons. The Morgan fingerprint density at radius 2 is 1.90 bits per heavy atom. The number of imide groups is 1. The van der Waals surface area contributed by atoms with Gasteiger partial charge in [-0.15, -0.1) is 0 Å². The third-order valence-electron chi connectivity index (χ3n) is 3.79. The molecule has 2 aromatic rings. The van der Waals surface area contributed by atoms with E-state index in [-0.39, 0.29) is 15.7 Å². The molecule has 1 fully saturated rings. The van der Waals surface area contributed by atoms with Crippen LogP contribution in [0.25, 0.3) is 6.08 Å². The highest BCUT2D eigenvalue weighted by Gasteiger charge is 2.36. The third kappa shape index (κ3) is 4.67. The van der Waals surface area contributed by atoms with Gasteiger partial charge in [-0.25, -0.2) is 9.69 Å². The van der Waals surface area contributed by atoms with Crippen LogP contribution in [0.2, 0.25) is 10.0 Å².